The van der Waals surface area contributed by atoms with Gasteiger partial charge in [-0.2, -0.15) is 0 Å². The molecular formula is C16H29NO4. The lowest BCUT2D eigenvalue weighted by atomic mass is 9.97. The number of nitrogens with one attached hydrogen (secondary N) is 1. The van der Waals surface area contributed by atoms with Crippen LogP contribution in [-0.4, -0.2) is 30.3 Å². The highest BCUT2D eigenvalue weighted by molar-refractivity contribution is 5.83. The van der Waals surface area contributed by atoms with Crippen molar-refractivity contribution in [1.82, 2.24) is 5.32 Å². The maximum Gasteiger partial charge on any atom is 0.408 e. The van der Waals surface area contributed by atoms with Crippen molar-refractivity contribution in [1.29, 1.82) is 0 Å². The smallest absolute Gasteiger partial charge is 0.408 e. The van der Waals surface area contributed by atoms with Crippen LogP contribution < -0.4 is 5.32 Å². The first-order valence-electron chi connectivity index (χ1n) is 7.72. The molecule has 1 N–H and O–H groups in total. The molecule has 0 rings (SSSR count). The molecule has 1 amide bonds. The van der Waals surface area contributed by atoms with Crippen molar-refractivity contribution >= 4 is 18.2 Å². The van der Waals surface area contributed by atoms with Crippen LogP contribution in [0.15, 0.2) is 0 Å². The Bertz CT molecular complexity index is 334. The van der Waals surface area contributed by atoms with Crippen molar-refractivity contribution in [3.63, 3.8) is 0 Å². The molecule has 0 saturated carbocycles. The predicted molar refractivity (Wildman–Crippen MR) is 82.2 cm³/mol. The van der Waals surface area contributed by atoms with Gasteiger partial charge in [0.2, 0.25) is 0 Å². The summed E-state index contributed by atoms with van der Waals surface area (Å²) in [5.41, 5.74) is -0.566. The molecule has 21 heavy (non-hydrogen) atoms. The van der Waals surface area contributed by atoms with Crippen molar-refractivity contribution in [2.75, 3.05) is 6.54 Å². The monoisotopic (exact) mass is 299 g/mol. The number of hydrogen-bond acceptors (Lipinski definition) is 4. The summed E-state index contributed by atoms with van der Waals surface area (Å²) in [6.45, 7) is 7.38. The molecule has 0 fully saturated rings. The van der Waals surface area contributed by atoms with Gasteiger partial charge in [0.1, 0.15) is 11.9 Å². The molecule has 0 aromatic carbocycles. The van der Waals surface area contributed by atoms with E-state index in [1.165, 1.54) is 0 Å². The largest absolute Gasteiger partial charge is 0.444 e. The van der Waals surface area contributed by atoms with Gasteiger partial charge in [-0.3, -0.25) is 4.79 Å². The van der Waals surface area contributed by atoms with Gasteiger partial charge in [-0.15, -0.1) is 0 Å². The standard InChI is InChI=1S/C16H29NO4/c1-5-6-8-13(12-18)9-7-10-14(19)11-17-15(20)21-16(2,3)4/h12-13H,5-11H2,1-4H3,(H,17,20)/t13-/m1/s1. The predicted octanol–water partition coefficient (Wildman–Crippen LogP) is 3.26. The lowest BCUT2D eigenvalue weighted by Crippen LogP contribution is -2.35. The highest BCUT2D eigenvalue weighted by Gasteiger charge is 2.16. The number of ether oxygens (including phenoxy) is 1. The number of Topliss-reactive ketones (excluding diaryl/α,β-unsaturated/α-hetero) is 1. The lowest BCUT2D eigenvalue weighted by molar-refractivity contribution is -0.118. The van der Waals surface area contributed by atoms with Crippen molar-refractivity contribution in [2.45, 2.75) is 71.8 Å². The van der Waals surface area contributed by atoms with Gasteiger partial charge in [0.25, 0.3) is 0 Å². The van der Waals surface area contributed by atoms with Gasteiger partial charge in [0.05, 0.1) is 6.54 Å². The van der Waals surface area contributed by atoms with Gasteiger partial charge in [-0.05, 0) is 40.0 Å². The third-order valence-electron chi connectivity index (χ3n) is 2.98. The second-order valence-corrected chi connectivity index (χ2v) is 6.32. The first-order chi connectivity index (χ1) is 9.78. The quantitative estimate of drug-likeness (QED) is 0.628. The van der Waals surface area contributed by atoms with E-state index >= 15 is 0 Å². The molecule has 0 aliphatic carbocycles. The van der Waals surface area contributed by atoms with E-state index in [1.807, 2.05) is 0 Å². The summed E-state index contributed by atoms with van der Waals surface area (Å²) in [6, 6.07) is 0. The van der Waals surface area contributed by atoms with E-state index < -0.39 is 11.7 Å². The Morgan fingerprint density at radius 3 is 2.33 bits per heavy atom. The Kier molecular flexibility index (Phi) is 9.67. The minimum Gasteiger partial charge on any atom is -0.444 e. The van der Waals surface area contributed by atoms with E-state index in [1.54, 1.807) is 20.8 Å². The summed E-state index contributed by atoms with van der Waals surface area (Å²) in [5.74, 6) is 0.0116. The molecule has 0 aliphatic heterocycles. The molecule has 0 aliphatic rings. The molecule has 122 valence electrons. The Morgan fingerprint density at radius 1 is 1.19 bits per heavy atom. The van der Waals surface area contributed by atoms with Crippen molar-refractivity contribution in [2.24, 2.45) is 5.92 Å². The fourth-order valence-electron chi connectivity index (χ4n) is 1.88. The van der Waals surface area contributed by atoms with Crippen LogP contribution in [0.2, 0.25) is 0 Å². The Labute approximate surface area is 127 Å². The summed E-state index contributed by atoms with van der Waals surface area (Å²) >= 11 is 0. The fourth-order valence-corrected chi connectivity index (χ4v) is 1.88. The molecule has 0 aromatic heterocycles. The van der Waals surface area contributed by atoms with Crippen LogP contribution in [0.4, 0.5) is 4.79 Å². The average Bonchev–Trinajstić information content (AvgIpc) is 2.38. The number of unbranched alkanes of at least 4 members (excludes halogenated alkanes) is 1. The second-order valence-electron chi connectivity index (χ2n) is 6.32. The zero-order valence-electron chi connectivity index (χ0n) is 13.7. The van der Waals surface area contributed by atoms with E-state index in [9.17, 15) is 14.4 Å². The SMILES string of the molecule is CCCC[C@@H](C=O)CCCC(=O)CNC(=O)OC(C)(C)C. The van der Waals surface area contributed by atoms with E-state index in [4.69, 9.17) is 4.74 Å². The zero-order valence-corrected chi connectivity index (χ0v) is 13.7. The number of rotatable bonds is 10. The number of alkyl carbamates (subject to hydrolysis) is 1. The van der Waals surface area contributed by atoms with Crippen LogP contribution in [0.25, 0.3) is 0 Å². The van der Waals surface area contributed by atoms with Crippen molar-refractivity contribution < 1.29 is 19.1 Å². The molecule has 0 radical (unpaired) electrons. The number of amides is 1. The van der Waals surface area contributed by atoms with Gasteiger partial charge in [0.15, 0.2) is 5.78 Å². The van der Waals surface area contributed by atoms with Gasteiger partial charge in [-0.1, -0.05) is 19.8 Å². The van der Waals surface area contributed by atoms with Crippen LogP contribution in [0, 0.1) is 5.92 Å². The van der Waals surface area contributed by atoms with E-state index in [0.717, 1.165) is 32.0 Å². The Morgan fingerprint density at radius 2 is 1.81 bits per heavy atom. The van der Waals surface area contributed by atoms with Crippen LogP contribution >= 0.6 is 0 Å². The van der Waals surface area contributed by atoms with Crippen molar-refractivity contribution in [3.8, 4) is 0 Å². The normalized spacial score (nSPS) is 12.6. The van der Waals surface area contributed by atoms with Crippen LogP contribution in [0.5, 0.6) is 0 Å². The summed E-state index contributed by atoms with van der Waals surface area (Å²) in [4.78, 5) is 33.9. The van der Waals surface area contributed by atoms with Gasteiger partial charge >= 0.3 is 6.09 Å². The minimum atomic E-state index is -0.579. The maximum atomic E-state index is 11.6. The van der Waals surface area contributed by atoms with Gasteiger partial charge in [-0.25, -0.2) is 4.79 Å². The summed E-state index contributed by atoms with van der Waals surface area (Å²) in [6.07, 6.45) is 5.21. The van der Waals surface area contributed by atoms with Gasteiger partial charge < -0.3 is 14.8 Å². The third kappa shape index (κ3) is 12.1. The first kappa shape index (κ1) is 19.6. The summed E-state index contributed by atoms with van der Waals surface area (Å²) in [7, 11) is 0. The van der Waals surface area contributed by atoms with E-state index in [0.29, 0.717) is 12.8 Å². The number of carbonyl (C=O) groups is 3. The molecule has 0 unspecified atom stereocenters. The topological polar surface area (TPSA) is 72.5 Å². The molecule has 0 aromatic rings. The van der Waals surface area contributed by atoms with E-state index in [-0.39, 0.29) is 18.2 Å². The average molecular weight is 299 g/mol. The molecular weight excluding hydrogens is 270 g/mol. The molecule has 5 heteroatoms. The Balaban J connectivity index is 3.80. The zero-order chi connectivity index (χ0) is 16.3. The third-order valence-corrected chi connectivity index (χ3v) is 2.98. The van der Waals surface area contributed by atoms with E-state index in [2.05, 4.69) is 12.2 Å². The molecule has 5 nitrogen and oxygen atoms in total. The molecule has 0 bridgehead atoms. The van der Waals surface area contributed by atoms with Crippen molar-refractivity contribution in [3.05, 3.63) is 0 Å². The number of hydrogen-bond donors (Lipinski definition) is 1. The lowest BCUT2D eigenvalue weighted by Gasteiger charge is -2.19. The Hall–Kier alpha value is -1.39. The minimum absolute atomic E-state index is 0.0182. The van der Waals surface area contributed by atoms with Crippen LogP contribution in [0.1, 0.15) is 66.2 Å². The van der Waals surface area contributed by atoms with Crippen LogP contribution in [0.3, 0.4) is 0 Å². The molecule has 0 spiro atoms. The number of aldehydes is 1. The second kappa shape index (κ2) is 10.4. The summed E-state index contributed by atoms with van der Waals surface area (Å²) < 4.78 is 5.04. The number of ketones is 1. The molecule has 0 heterocycles. The number of carbonyl (C=O) groups excluding carboxylic acids is 3. The fraction of sp³-hybridized carbons (Fsp3) is 0.812. The molecule has 0 saturated heterocycles. The first-order valence-corrected chi connectivity index (χ1v) is 7.72. The van der Waals surface area contributed by atoms with Gasteiger partial charge in [0, 0.05) is 12.3 Å². The summed E-state index contributed by atoms with van der Waals surface area (Å²) in [5, 5.41) is 2.45. The highest BCUT2D eigenvalue weighted by atomic mass is 16.6. The highest BCUT2D eigenvalue weighted by Crippen LogP contribution is 2.14. The molecule has 1 atom stereocenters. The maximum absolute atomic E-state index is 11.6. The van der Waals surface area contributed by atoms with Crippen LogP contribution in [-0.2, 0) is 14.3 Å².